The Kier molecular flexibility index (Phi) is 2.00. The van der Waals surface area contributed by atoms with Crippen molar-refractivity contribution in [2.75, 3.05) is 13.1 Å². The van der Waals surface area contributed by atoms with Crippen LogP contribution in [0, 0.1) is 11.8 Å². The molecule has 1 saturated carbocycles. The lowest BCUT2D eigenvalue weighted by atomic mass is 10.2. The van der Waals surface area contributed by atoms with Gasteiger partial charge in [0.2, 0.25) is 0 Å². The standard InChI is InChI=1S/C10H18N2O2/c1-10(2,3)14-9(13)12-4-6-7(5-12)8(6)11/h6-8H,4-5,11H2,1-3H3/t6-,7+,8+. The van der Waals surface area contributed by atoms with E-state index in [1.165, 1.54) is 0 Å². The lowest BCUT2D eigenvalue weighted by Crippen LogP contribution is -2.38. The van der Waals surface area contributed by atoms with E-state index < -0.39 is 5.60 Å². The van der Waals surface area contributed by atoms with Crippen molar-refractivity contribution in [2.45, 2.75) is 32.4 Å². The van der Waals surface area contributed by atoms with Gasteiger partial charge in [0.05, 0.1) is 0 Å². The van der Waals surface area contributed by atoms with Gasteiger partial charge in [0.1, 0.15) is 5.60 Å². The molecule has 80 valence electrons. The summed E-state index contributed by atoms with van der Waals surface area (Å²) in [7, 11) is 0. The quantitative estimate of drug-likeness (QED) is 0.626. The van der Waals surface area contributed by atoms with Gasteiger partial charge in [-0.1, -0.05) is 0 Å². The fraction of sp³-hybridized carbons (Fsp3) is 0.900. The van der Waals surface area contributed by atoms with Crippen molar-refractivity contribution in [1.29, 1.82) is 0 Å². The van der Waals surface area contributed by atoms with Gasteiger partial charge >= 0.3 is 6.09 Å². The van der Waals surface area contributed by atoms with Crippen molar-refractivity contribution in [1.82, 2.24) is 4.90 Å². The Hall–Kier alpha value is -0.770. The monoisotopic (exact) mass is 198 g/mol. The van der Waals surface area contributed by atoms with Crippen molar-refractivity contribution in [3.8, 4) is 0 Å². The highest BCUT2D eigenvalue weighted by atomic mass is 16.6. The molecule has 2 N–H and O–H groups in total. The summed E-state index contributed by atoms with van der Waals surface area (Å²) in [6.07, 6.45) is -0.197. The number of likely N-dealkylation sites (tertiary alicyclic amines) is 1. The average Bonchev–Trinajstić information content (AvgIpc) is 2.47. The summed E-state index contributed by atoms with van der Waals surface area (Å²) in [4.78, 5) is 13.4. The third kappa shape index (κ3) is 1.71. The molecule has 0 spiro atoms. The molecule has 1 heterocycles. The summed E-state index contributed by atoms with van der Waals surface area (Å²) in [5, 5.41) is 0. The Labute approximate surface area is 84.4 Å². The molecule has 3 atom stereocenters. The summed E-state index contributed by atoms with van der Waals surface area (Å²) < 4.78 is 5.27. The summed E-state index contributed by atoms with van der Waals surface area (Å²) in [5.74, 6) is 1.06. The highest BCUT2D eigenvalue weighted by Gasteiger charge is 2.55. The summed E-state index contributed by atoms with van der Waals surface area (Å²) in [5.41, 5.74) is 5.39. The van der Waals surface area contributed by atoms with Crippen molar-refractivity contribution in [2.24, 2.45) is 17.6 Å². The lowest BCUT2D eigenvalue weighted by Gasteiger charge is -2.25. The van der Waals surface area contributed by atoms with E-state index in [-0.39, 0.29) is 6.09 Å². The molecule has 0 aromatic carbocycles. The normalized spacial score (nSPS) is 35.4. The van der Waals surface area contributed by atoms with Crippen LogP contribution in [-0.2, 0) is 4.74 Å². The van der Waals surface area contributed by atoms with Crippen LogP contribution in [-0.4, -0.2) is 35.7 Å². The zero-order chi connectivity index (χ0) is 10.5. The maximum atomic E-state index is 11.6. The molecular formula is C10H18N2O2. The fourth-order valence-corrected chi connectivity index (χ4v) is 2.05. The second-order valence-electron chi connectivity index (χ2n) is 5.29. The molecule has 1 saturated heterocycles. The molecule has 1 amide bonds. The van der Waals surface area contributed by atoms with Crippen LogP contribution < -0.4 is 5.73 Å². The molecule has 0 unspecified atom stereocenters. The Bertz CT molecular complexity index is 247. The SMILES string of the molecule is CC(C)(C)OC(=O)N1C[C@@H]2[C@@H](N)[C@@H]2C1. The molecule has 0 aromatic rings. The molecule has 4 heteroatoms. The molecule has 2 rings (SSSR count). The minimum Gasteiger partial charge on any atom is -0.444 e. The third-order valence-corrected chi connectivity index (χ3v) is 2.91. The van der Waals surface area contributed by atoms with Gasteiger partial charge in [0.25, 0.3) is 0 Å². The molecule has 14 heavy (non-hydrogen) atoms. The topological polar surface area (TPSA) is 55.6 Å². The summed E-state index contributed by atoms with van der Waals surface area (Å²) in [6.45, 7) is 7.20. The number of hydrogen-bond acceptors (Lipinski definition) is 3. The number of nitrogens with two attached hydrogens (primary N) is 1. The van der Waals surface area contributed by atoms with E-state index in [1.807, 2.05) is 20.8 Å². The van der Waals surface area contributed by atoms with E-state index in [1.54, 1.807) is 4.90 Å². The van der Waals surface area contributed by atoms with E-state index in [0.29, 0.717) is 17.9 Å². The highest BCUT2D eigenvalue weighted by molar-refractivity contribution is 5.69. The number of hydrogen-bond donors (Lipinski definition) is 1. The molecule has 0 bridgehead atoms. The highest BCUT2D eigenvalue weighted by Crippen LogP contribution is 2.43. The molecule has 1 aliphatic heterocycles. The van der Waals surface area contributed by atoms with Crippen LogP contribution in [0.4, 0.5) is 4.79 Å². The molecule has 0 radical (unpaired) electrons. The number of carbonyl (C=O) groups is 1. The Morgan fingerprint density at radius 2 is 1.86 bits per heavy atom. The van der Waals surface area contributed by atoms with Crippen LogP contribution in [0.25, 0.3) is 0 Å². The molecule has 0 aromatic heterocycles. The van der Waals surface area contributed by atoms with Crippen LogP contribution in [0.3, 0.4) is 0 Å². The second kappa shape index (κ2) is 2.86. The summed E-state index contributed by atoms with van der Waals surface area (Å²) in [6, 6.07) is 0.327. The van der Waals surface area contributed by atoms with Gasteiger partial charge < -0.3 is 15.4 Å². The first-order chi connectivity index (χ1) is 6.38. The lowest BCUT2D eigenvalue weighted by molar-refractivity contribution is 0.0271. The van der Waals surface area contributed by atoms with Crippen LogP contribution in [0.15, 0.2) is 0 Å². The largest absolute Gasteiger partial charge is 0.444 e. The number of rotatable bonds is 0. The Morgan fingerprint density at radius 3 is 2.29 bits per heavy atom. The first-order valence-electron chi connectivity index (χ1n) is 5.12. The van der Waals surface area contributed by atoms with E-state index in [0.717, 1.165) is 13.1 Å². The van der Waals surface area contributed by atoms with Gasteiger partial charge in [-0.05, 0) is 32.6 Å². The number of carbonyl (C=O) groups excluding carboxylic acids is 1. The fourth-order valence-electron chi connectivity index (χ4n) is 2.05. The van der Waals surface area contributed by atoms with Gasteiger partial charge in [0, 0.05) is 19.1 Å². The van der Waals surface area contributed by atoms with Crippen molar-refractivity contribution in [3.05, 3.63) is 0 Å². The smallest absolute Gasteiger partial charge is 0.410 e. The zero-order valence-electron chi connectivity index (χ0n) is 8.99. The van der Waals surface area contributed by atoms with Crippen LogP contribution in [0.2, 0.25) is 0 Å². The maximum Gasteiger partial charge on any atom is 0.410 e. The minimum absolute atomic E-state index is 0.197. The first-order valence-corrected chi connectivity index (χ1v) is 5.12. The molecule has 2 fully saturated rings. The van der Waals surface area contributed by atoms with Gasteiger partial charge in [-0.25, -0.2) is 4.79 Å². The van der Waals surface area contributed by atoms with Gasteiger partial charge in [0.15, 0.2) is 0 Å². The molecule has 4 nitrogen and oxygen atoms in total. The van der Waals surface area contributed by atoms with E-state index in [9.17, 15) is 4.79 Å². The van der Waals surface area contributed by atoms with E-state index in [4.69, 9.17) is 10.5 Å². The van der Waals surface area contributed by atoms with Gasteiger partial charge in [-0.2, -0.15) is 0 Å². The second-order valence-corrected chi connectivity index (χ2v) is 5.29. The number of piperidine rings is 1. The number of fused-ring (bicyclic) bond motifs is 1. The number of nitrogens with zero attached hydrogens (tertiary/aromatic N) is 1. The number of ether oxygens (including phenoxy) is 1. The number of amides is 1. The van der Waals surface area contributed by atoms with Crippen LogP contribution in [0.1, 0.15) is 20.8 Å². The Morgan fingerprint density at radius 1 is 1.36 bits per heavy atom. The predicted molar refractivity (Wildman–Crippen MR) is 52.8 cm³/mol. The summed E-state index contributed by atoms with van der Waals surface area (Å²) >= 11 is 0. The van der Waals surface area contributed by atoms with Crippen molar-refractivity contribution in [3.63, 3.8) is 0 Å². The molecular weight excluding hydrogens is 180 g/mol. The van der Waals surface area contributed by atoms with Crippen LogP contribution in [0.5, 0.6) is 0 Å². The van der Waals surface area contributed by atoms with Crippen molar-refractivity contribution >= 4 is 6.09 Å². The first kappa shape index (κ1) is 9.77. The minimum atomic E-state index is -0.397. The van der Waals surface area contributed by atoms with Gasteiger partial charge in [-0.15, -0.1) is 0 Å². The van der Waals surface area contributed by atoms with Crippen molar-refractivity contribution < 1.29 is 9.53 Å². The zero-order valence-corrected chi connectivity index (χ0v) is 8.99. The maximum absolute atomic E-state index is 11.6. The molecule has 2 aliphatic rings. The Balaban J connectivity index is 1.84. The van der Waals surface area contributed by atoms with E-state index in [2.05, 4.69) is 0 Å². The predicted octanol–water partition coefficient (Wildman–Crippen LogP) is 0.810. The third-order valence-electron chi connectivity index (χ3n) is 2.91. The van der Waals surface area contributed by atoms with Crippen LogP contribution >= 0.6 is 0 Å². The van der Waals surface area contributed by atoms with E-state index >= 15 is 0 Å². The van der Waals surface area contributed by atoms with Gasteiger partial charge in [-0.3, -0.25) is 0 Å². The molecule has 1 aliphatic carbocycles. The average molecular weight is 198 g/mol.